The summed E-state index contributed by atoms with van der Waals surface area (Å²) in [4.78, 5) is 20.3. The van der Waals surface area contributed by atoms with Crippen LogP contribution in [0.2, 0.25) is 0 Å². The molecule has 1 aliphatic heterocycles. The molecule has 0 bridgehead atoms. The second kappa shape index (κ2) is 14.3. The molecule has 0 aromatic rings. The second-order valence-electron chi connectivity index (χ2n) is 4.63. The smallest absolute Gasteiger partial charge is 0.303 e. The van der Waals surface area contributed by atoms with Crippen molar-refractivity contribution in [1.82, 2.24) is 0 Å². The molecule has 20 heavy (non-hydrogen) atoms. The minimum Gasteiger partial charge on any atom is -0.481 e. The first kappa shape index (κ1) is 18.9. The van der Waals surface area contributed by atoms with E-state index in [1.807, 2.05) is 0 Å². The van der Waals surface area contributed by atoms with Gasteiger partial charge in [0, 0.05) is 12.8 Å². The van der Waals surface area contributed by atoms with Gasteiger partial charge in [0.15, 0.2) is 0 Å². The molecule has 6 heteroatoms. The Bertz CT molecular complexity index is 219. The number of hydrogen-bond acceptors (Lipinski definition) is 4. The van der Waals surface area contributed by atoms with Gasteiger partial charge in [-0.1, -0.05) is 25.7 Å². The zero-order valence-corrected chi connectivity index (χ0v) is 12.0. The van der Waals surface area contributed by atoms with Crippen LogP contribution < -0.4 is 0 Å². The molecule has 1 fully saturated rings. The molecule has 0 saturated carbocycles. The Morgan fingerprint density at radius 1 is 0.650 bits per heavy atom. The molecule has 0 amide bonds. The number of unbranched alkanes of at least 4 members (excludes halogenated alkanes) is 5. The highest BCUT2D eigenvalue weighted by Gasteiger charge is 1.98. The molecule has 0 aromatic carbocycles. The van der Waals surface area contributed by atoms with Crippen LogP contribution >= 0.6 is 0 Å². The Balaban J connectivity index is 0.000000493. The van der Waals surface area contributed by atoms with E-state index in [1.54, 1.807) is 0 Å². The van der Waals surface area contributed by atoms with Crippen molar-refractivity contribution in [2.24, 2.45) is 0 Å². The maximum Gasteiger partial charge on any atom is 0.303 e. The van der Waals surface area contributed by atoms with Gasteiger partial charge in [-0.05, 0) is 12.8 Å². The zero-order valence-electron chi connectivity index (χ0n) is 12.0. The lowest BCUT2D eigenvalue weighted by atomic mass is 10.1. The Morgan fingerprint density at radius 2 is 0.950 bits per heavy atom. The number of hydrogen-bond donors (Lipinski definition) is 2. The minimum atomic E-state index is -0.740. The third-order valence-corrected chi connectivity index (χ3v) is 2.78. The van der Waals surface area contributed by atoms with E-state index in [2.05, 4.69) is 0 Å². The molecule has 1 aliphatic rings. The summed E-state index contributed by atoms with van der Waals surface area (Å²) in [5.41, 5.74) is 0. The number of rotatable bonds is 9. The summed E-state index contributed by atoms with van der Waals surface area (Å²) in [7, 11) is 0. The Hall–Kier alpha value is -1.14. The highest BCUT2D eigenvalue weighted by molar-refractivity contribution is 5.66. The molecule has 1 saturated heterocycles. The molecule has 0 aliphatic carbocycles. The van der Waals surface area contributed by atoms with Crippen LogP contribution in [0.5, 0.6) is 0 Å². The fourth-order valence-corrected chi connectivity index (χ4v) is 1.70. The van der Waals surface area contributed by atoms with E-state index in [9.17, 15) is 9.59 Å². The number of carbonyl (C=O) groups is 2. The quantitative estimate of drug-likeness (QED) is 0.633. The van der Waals surface area contributed by atoms with Gasteiger partial charge in [0.05, 0.1) is 26.4 Å². The monoisotopic (exact) mass is 290 g/mol. The molecule has 1 rings (SSSR count). The summed E-state index contributed by atoms with van der Waals surface area (Å²) < 4.78 is 9.89. The zero-order chi connectivity index (χ0) is 15.1. The van der Waals surface area contributed by atoms with Crippen LogP contribution in [-0.2, 0) is 19.1 Å². The summed E-state index contributed by atoms with van der Waals surface area (Å²) in [5.74, 6) is -1.48. The van der Waals surface area contributed by atoms with Crippen molar-refractivity contribution in [2.75, 3.05) is 26.4 Å². The lowest BCUT2D eigenvalue weighted by Crippen LogP contribution is -2.16. The summed E-state index contributed by atoms with van der Waals surface area (Å²) in [6.45, 7) is 3.11. The predicted octanol–water partition coefficient (Wildman–Crippen LogP) is 2.31. The third kappa shape index (κ3) is 16.9. The standard InChI is InChI=1S/C10H18O4.C4H8O2/c11-9(12)7-5-3-1-2-4-6-8-10(13)14;1-2-6-4-3-5-1/h1-8H2,(H,11,12)(H,13,14);1-4H2. The van der Waals surface area contributed by atoms with E-state index in [0.29, 0.717) is 0 Å². The molecule has 0 radical (unpaired) electrons. The topological polar surface area (TPSA) is 93.1 Å². The van der Waals surface area contributed by atoms with Gasteiger partial charge in [-0.2, -0.15) is 0 Å². The van der Waals surface area contributed by atoms with E-state index in [0.717, 1.165) is 65.0 Å². The van der Waals surface area contributed by atoms with E-state index in [4.69, 9.17) is 19.7 Å². The lowest BCUT2D eigenvalue weighted by Gasteiger charge is -2.09. The molecule has 2 N–H and O–H groups in total. The van der Waals surface area contributed by atoms with Gasteiger partial charge in [0.2, 0.25) is 0 Å². The van der Waals surface area contributed by atoms with Crippen molar-refractivity contribution in [3.8, 4) is 0 Å². The van der Waals surface area contributed by atoms with Gasteiger partial charge >= 0.3 is 11.9 Å². The fraction of sp³-hybridized carbons (Fsp3) is 0.857. The van der Waals surface area contributed by atoms with Gasteiger partial charge in [0.25, 0.3) is 0 Å². The largest absolute Gasteiger partial charge is 0.481 e. The van der Waals surface area contributed by atoms with E-state index < -0.39 is 11.9 Å². The number of carboxylic acid groups (broad SMARTS) is 2. The Kier molecular flexibility index (Phi) is 13.5. The average Bonchev–Trinajstić information content (AvgIpc) is 2.44. The molecule has 0 aromatic heterocycles. The van der Waals surface area contributed by atoms with Crippen molar-refractivity contribution in [1.29, 1.82) is 0 Å². The van der Waals surface area contributed by atoms with Crippen LogP contribution in [0.25, 0.3) is 0 Å². The highest BCUT2D eigenvalue weighted by Crippen LogP contribution is 2.08. The number of aliphatic carboxylic acids is 2. The van der Waals surface area contributed by atoms with Crippen molar-refractivity contribution in [3.05, 3.63) is 0 Å². The van der Waals surface area contributed by atoms with Crippen LogP contribution in [0.4, 0.5) is 0 Å². The van der Waals surface area contributed by atoms with Gasteiger partial charge in [-0.25, -0.2) is 0 Å². The van der Waals surface area contributed by atoms with Crippen LogP contribution in [0.15, 0.2) is 0 Å². The van der Waals surface area contributed by atoms with Crippen molar-refractivity contribution < 1.29 is 29.3 Å². The summed E-state index contributed by atoms with van der Waals surface area (Å²) in [6.07, 6.45) is 5.82. The molecule has 1 heterocycles. The van der Waals surface area contributed by atoms with Crippen molar-refractivity contribution >= 4 is 11.9 Å². The summed E-state index contributed by atoms with van der Waals surface area (Å²) in [5, 5.41) is 16.7. The van der Waals surface area contributed by atoms with Gasteiger partial charge in [-0.15, -0.1) is 0 Å². The molecule has 0 spiro atoms. The molecule has 0 atom stereocenters. The third-order valence-electron chi connectivity index (χ3n) is 2.78. The molecular formula is C14H26O6. The first-order valence-electron chi connectivity index (χ1n) is 7.22. The number of ether oxygens (including phenoxy) is 2. The Labute approximate surface area is 120 Å². The van der Waals surface area contributed by atoms with Crippen molar-refractivity contribution in [2.45, 2.75) is 51.4 Å². The van der Waals surface area contributed by atoms with E-state index >= 15 is 0 Å². The second-order valence-corrected chi connectivity index (χ2v) is 4.63. The highest BCUT2D eigenvalue weighted by atomic mass is 16.6. The van der Waals surface area contributed by atoms with E-state index in [-0.39, 0.29) is 12.8 Å². The van der Waals surface area contributed by atoms with Crippen LogP contribution in [0.1, 0.15) is 51.4 Å². The van der Waals surface area contributed by atoms with Crippen LogP contribution in [0.3, 0.4) is 0 Å². The van der Waals surface area contributed by atoms with Gasteiger partial charge in [-0.3, -0.25) is 9.59 Å². The molecular weight excluding hydrogens is 264 g/mol. The SMILES string of the molecule is C1COCCO1.O=C(O)CCCCCCCCC(=O)O. The van der Waals surface area contributed by atoms with Crippen LogP contribution in [0, 0.1) is 0 Å². The van der Waals surface area contributed by atoms with E-state index in [1.165, 1.54) is 0 Å². The summed E-state index contributed by atoms with van der Waals surface area (Å²) in [6, 6.07) is 0. The van der Waals surface area contributed by atoms with Crippen molar-refractivity contribution in [3.63, 3.8) is 0 Å². The first-order chi connectivity index (χ1) is 9.63. The maximum atomic E-state index is 10.1. The van der Waals surface area contributed by atoms with Crippen LogP contribution in [-0.4, -0.2) is 48.6 Å². The minimum absolute atomic E-state index is 0.245. The van der Waals surface area contributed by atoms with Gasteiger partial charge < -0.3 is 19.7 Å². The lowest BCUT2D eigenvalue weighted by molar-refractivity contribution is -0.138. The fourth-order valence-electron chi connectivity index (χ4n) is 1.70. The molecule has 0 unspecified atom stereocenters. The predicted molar refractivity (Wildman–Crippen MR) is 73.8 cm³/mol. The number of carboxylic acids is 2. The van der Waals surface area contributed by atoms with Gasteiger partial charge in [0.1, 0.15) is 0 Å². The molecule has 6 nitrogen and oxygen atoms in total. The Morgan fingerprint density at radius 3 is 1.20 bits per heavy atom. The first-order valence-corrected chi connectivity index (χ1v) is 7.22. The average molecular weight is 290 g/mol. The summed E-state index contributed by atoms with van der Waals surface area (Å²) >= 11 is 0. The maximum absolute atomic E-state index is 10.1. The normalized spacial score (nSPS) is 14.2. The molecule has 118 valence electrons.